The highest BCUT2D eigenvalue weighted by molar-refractivity contribution is 5.94. The number of anilines is 1. The first kappa shape index (κ1) is 25.1. The lowest BCUT2D eigenvalue weighted by molar-refractivity contribution is 0.0696. The number of benzene rings is 2. The smallest absolute Gasteiger partial charge is 0.336 e. The van der Waals surface area contributed by atoms with Crippen molar-refractivity contribution in [1.29, 1.82) is 0 Å². The fourth-order valence-corrected chi connectivity index (χ4v) is 4.88. The van der Waals surface area contributed by atoms with E-state index in [1.54, 1.807) is 13.2 Å². The minimum Gasteiger partial charge on any atom is -0.491 e. The third-order valence-electron chi connectivity index (χ3n) is 6.84. The molecule has 1 aliphatic carbocycles. The zero-order valence-corrected chi connectivity index (χ0v) is 20.6. The monoisotopic (exact) mass is 454 g/mol. The number of rotatable bonds is 10. The van der Waals surface area contributed by atoms with E-state index in [2.05, 4.69) is 36.9 Å². The molecule has 0 aromatic heterocycles. The van der Waals surface area contributed by atoms with E-state index in [0.717, 1.165) is 47.5 Å². The number of carboxylic acids is 1. The molecule has 1 aliphatic rings. The second kappa shape index (κ2) is 11.5. The summed E-state index contributed by atoms with van der Waals surface area (Å²) in [6, 6.07) is 12.8. The Balaban J connectivity index is 1.91. The molecule has 0 saturated heterocycles. The molecule has 1 saturated carbocycles. The molecule has 2 aromatic carbocycles. The van der Waals surface area contributed by atoms with E-state index in [9.17, 15) is 9.90 Å². The molecule has 2 aromatic rings. The van der Waals surface area contributed by atoms with Gasteiger partial charge in [-0.3, -0.25) is 0 Å². The molecule has 0 atom stereocenters. The van der Waals surface area contributed by atoms with Crippen molar-refractivity contribution in [2.24, 2.45) is 0 Å². The van der Waals surface area contributed by atoms with Gasteiger partial charge in [-0.15, -0.1) is 0 Å². The van der Waals surface area contributed by atoms with Crippen molar-refractivity contribution in [2.75, 3.05) is 45.9 Å². The second-order valence-corrected chi connectivity index (χ2v) is 9.05. The summed E-state index contributed by atoms with van der Waals surface area (Å²) in [5.74, 6) is -0.114. The van der Waals surface area contributed by atoms with Gasteiger partial charge in [-0.1, -0.05) is 12.1 Å². The molecule has 0 aliphatic heterocycles. The molecule has 1 fully saturated rings. The standard InChI is InChI=1S/C27H38N2O4/c1-6-29(23-11-9-22(10-12-23)28(3)4)26-18-21(17-25(19(26)2)27(30)31)20-7-13-24(14-8-20)33-16-15-32-5/h7-8,13-14,17-18,22-23H,6,9-12,15-16H2,1-5H3,(H,30,31). The predicted octanol–water partition coefficient (Wildman–Crippen LogP) is 5.08. The zero-order chi connectivity index (χ0) is 24.0. The number of hydrogen-bond acceptors (Lipinski definition) is 5. The molecule has 1 N–H and O–H groups in total. The van der Waals surface area contributed by atoms with Gasteiger partial charge in [0.05, 0.1) is 12.2 Å². The highest BCUT2D eigenvalue weighted by Crippen LogP contribution is 2.36. The van der Waals surface area contributed by atoms with Crippen LogP contribution >= 0.6 is 0 Å². The number of aromatic carboxylic acids is 1. The summed E-state index contributed by atoms with van der Waals surface area (Å²) in [7, 11) is 5.96. The maximum absolute atomic E-state index is 12.1. The first-order chi connectivity index (χ1) is 15.8. The lowest BCUT2D eigenvalue weighted by atomic mass is 9.88. The van der Waals surface area contributed by atoms with Crippen molar-refractivity contribution in [3.05, 3.63) is 47.5 Å². The van der Waals surface area contributed by atoms with Crippen molar-refractivity contribution in [3.8, 4) is 16.9 Å². The van der Waals surface area contributed by atoms with Crippen LogP contribution in [-0.4, -0.2) is 69.0 Å². The summed E-state index contributed by atoms with van der Waals surface area (Å²) < 4.78 is 10.7. The first-order valence-corrected chi connectivity index (χ1v) is 11.9. The fourth-order valence-electron chi connectivity index (χ4n) is 4.88. The Morgan fingerprint density at radius 3 is 2.18 bits per heavy atom. The molecule has 6 heteroatoms. The van der Waals surface area contributed by atoms with Crippen LogP contribution in [0.2, 0.25) is 0 Å². The lowest BCUT2D eigenvalue weighted by Gasteiger charge is -2.40. The van der Waals surface area contributed by atoms with Crippen LogP contribution in [-0.2, 0) is 4.74 Å². The Hall–Kier alpha value is -2.57. The molecule has 6 nitrogen and oxygen atoms in total. The maximum atomic E-state index is 12.1. The number of ether oxygens (including phenoxy) is 2. The van der Waals surface area contributed by atoms with E-state index in [0.29, 0.717) is 30.9 Å². The van der Waals surface area contributed by atoms with E-state index in [4.69, 9.17) is 9.47 Å². The highest BCUT2D eigenvalue weighted by Gasteiger charge is 2.28. The Labute approximate surface area is 198 Å². The molecule has 180 valence electrons. The highest BCUT2D eigenvalue weighted by atomic mass is 16.5. The molecule has 0 spiro atoms. The molecule has 0 amide bonds. The van der Waals surface area contributed by atoms with Crippen LogP contribution in [0, 0.1) is 6.92 Å². The van der Waals surface area contributed by atoms with E-state index in [-0.39, 0.29) is 0 Å². The summed E-state index contributed by atoms with van der Waals surface area (Å²) in [5.41, 5.74) is 4.12. The summed E-state index contributed by atoms with van der Waals surface area (Å²) >= 11 is 0. The van der Waals surface area contributed by atoms with Crippen molar-refractivity contribution in [1.82, 2.24) is 4.90 Å². The van der Waals surface area contributed by atoms with Crippen LogP contribution in [0.1, 0.15) is 48.5 Å². The third kappa shape index (κ3) is 6.06. The SMILES string of the molecule is CCN(c1cc(-c2ccc(OCCOC)cc2)cc(C(=O)O)c1C)C1CCC(N(C)C)CC1. The quantitative estimate of drug-likeness (QED) is 0.505. The van der Waals surface area contributed by atoms with Gasteiger partial charge in [-0.2, -0.15) is 0 Å². The minimum atomic E-state index is -0.887. The van der Waals surface area contributed by atoms with Gasteiger partial charge in [-0.25, -0.2) is 4.79 Å². The van der Waals surface area contributed by atoms with Gasteiger partial charge in [-0.05, 0) is 94.6 Å². The topological polar surface area (TPSA) is 62.2 Å². The first-order valence-electron chi connectivity index (χ1n) is 11.9. The largest absolute Gasteiger partial charge is 0.491 e. The normalized spacial score (nSPS) is 18.4. The van der Waals surface area contributed by atoms with E-state index < -0.39 is 5.97 Å². The summed E-state index contributed by atoms with van der Waals surface area (Å²) in [4.78, 5) is 16.8. The molecule has 0 radical (unpaired) electrons. The van der Waals surface area contributed by atoms with E-state index in [1.165, 1.54) is 12.8 Å². The Morgan fingerprint density at radius 1 is 1.00 bits per heavy atom. The molecular formula is C27H38N2O4. The fraction of sp³-hybridized carbons (Fsp3) is 0.519. The van der Waals surface area contributed by atoms with Crippen molar-refractivity contribution < 1.29 is 19.4 Å². The lowest BCUT2D eigenvalue weighted by Crippen LogP contribution is -2.42. The van der Waals surface area contributed by atoms with Crippen LogP contribution in [0.4, 0.5) is 5.69 Å². The van der Waals surface area contributed by atoms with E-state index >= 15 is 0 Å². The molecular weight excluding hydrogens is 416 g/mol. The number of carboxylic acid groups (broad SMARTS) is 1. The van der Waals surface area contributed by atoms with Gasteiger partial charge in [0.2, 0.25) is 0 Å². The minimum absolute atomic E-state index is 0.364. The molecule has 33 heavy (non-hydrogen) atoms. The zero-order valence-electron chi connectivity index (χ0n) is 20.6. The van der Waals surface area contributed by atoms with Crippen LogP contribution < -0.4 is 9.64 Å². The van der Waals surface area contributed by atoms with Gasteiger partial charge < -0.3 is 24.4 Å². The van der Waals surface area contributed by atoms with E-state index in [1.807, 2.05) is 31.2 Å². The number of carbonyl (C=O) groups is 1. The van der Waals surface area contributed by atoms with Gasteiger partial charge in [0.1, 0.15) is 12.4 Å². The third-order valence-corrected chi connectivity index (χ3v) is 6.84. The average Bonchev–Trinajstić information content (AvgIpc) is 2.81. The van der Waals surface area contributed by atoms with Gasteiger partial charge >= 0.3 is 5.97 Å². The van der Waals surface area contributed by atoms with Crippen LogP contribution in [0.5, 0.6) is 5.75 Å². The van der Waals surface area contributed by atoms with Gasteiger partial charge in [0, 0.05) is 31.4 Å². The summed E-state index contributed by atoms with van der Waals surface area (Å²) in [6.07, 6.45) is 4.58. The average molecular weight is 455 g/mol. The van der Waals surface area contributed by atoms with Crippen molar-refractivity contribution in [2.45, 2.75) is 51.6 Å². The van der Waals surface area contributed by atoms with Crippen LogP contribution in [0.25, 0.3) is 11.1 Å². The van der Waals surface area contributed by atoms with Crippen molar-refractivity contribution in [3.63, 3.8) is 0 Å². The number of nitrogens with zero attached hydrogens (tertiary/aromatic N) is 2. The Morgan fingerprint density at radius 2 is 1.64 bits per heavy atom. The Kier molecular flexibility index (Phi) is 8.75. The predicted molar refractivity (Wildman–Crippen MR) is 134 cm³/mol. The number of hydrogen-bond donors (Lipinski definition) is 1. The maximum Gasteiger partial charge on any atom is 0.336 e. The summed E-state index contributed by atoms with van der Waals surface area (Å²) in [6.45, 7) is 5.98. The van der Waals surface area contributed by atoms with Crippen molar-refractivity contribution >= 4 is 11.7 Å². The molecule has 3 rings (SSSR count). The second-order valence-electron chi connectivity index (χ2n) is 9.05. The van der Waals surface area contributed by atoms with Gasteiger partial charge in [0.25, 0.3) is 0 Å². The number of methoxy groups -OCH3 is 1. The molecule has 0 heterocycles. The van der Waals surface area contributed by atoms with Crippen LogP contribution in [0.15, 0.2) is 36.4 Å². The Bertz CT molecular complexity index is 918. The van der Waals surface area contributed by atoms with Crippen LogP contribution in [0.3, 0.4) is 0 Å². The molecule has 0 bridgehead atoms. The van der Waals surface area contributed by atoms with Gasteiger partial charge in [0.15, 0.2) is 0 Å². The molecule has 0 unspecified atom stereocenters. The summed E-state index contributed by atoms with van der Waals surface area (Å²) in [5, 5.41) is 9.93.